The first kappa shape index (κ1) is 14.5. The van der Waals surface area contributed by atoms with E-state index in [9.17, 15) is 4.79 Å². The fourth-order valence-electron chi connectivity index (χ4n) is 1.48. The molecule has 0 saturated carbocycles. The van der Waals surface area contributed by atoms with Crippen molar-refractivity contribution in [3.63, 3.8) is 0 Å². The largest absolute Gasteiger partial charge is 0.459 e. The van der Waals surface area contributed by atoms with E-state index in [0.29, 0.717) is 37.7 Å². The summed E-state index contributed by atoms with van der Waals surface area (Å²) < 4.78 is 16.8. The van der Waals surface area contributed by atoms with Crippen LogP contribution in [0.5, 0.6) is 0 Å². The topological polar surface area (TPSA) is 75.7 Å². The van der Waals surface area contributed by atoms with Crippen LogP contribution in [0.25, 0.3) is 0 Å². The van der Waals surface area contributed by atoms with Crippen molar-refractivity contribution in [2.45, 2.75) is 13.5 Å². The summed E-state index contributed by atoms with van der Waals surface area (Å²) in [6.07, 6.45) is 1.71. The maximum Gasteiger partial charge on any atom is 0.355 e. The molecule has 1 rings (SSSR count). The zero-order valence-electron chi connectivity index (χ0n) is 10.8. The summed E-state index contributed by atoms with van der Waals surface area (Å²) in [6, 6.07) is 1.61. The van der Waals surface area contributed by atoms with Gasteiger partial charge in [0.15, 0.2) is 0 Å². The molecule has 18 heavy (non-hydrogen) atoms. The molecule has 2 N–H and O–H groups in total. The second-order valence-electron chi connectivity index (χ2n) is 3.69. The van der Waals surface area contributed by atoms with Crippen LogP contribution in [-0.2, 0) is 20.8 Å². The van der Waals surface area contributed by atoms with Crippen molar-refractivity contribution >= 4 is 11.7 Å². The normalized spacial score (nSPS) is 10.6. The molecule has 0 saturated heterocycles. The van der Waals surface area contributed by atoms with Crippen LogP contribution in [0.3, 0.4) is 0 Å². The number of hydrogen-bond donors (Lipinski definition) is 1. The average molecular weight is 256 g/mol. The van der Waals surface area contributed by atoms with E-state index in [4.69, 9.17) is 19.9 Å². The van der Waals surface area contributed by atoms with Gasteiger partial charge in [-0.15, -0.1) is 0 Å². The molecule has 0 aliphatic rings. The Balaban J connectivity index is 2.32. The molecule has 0 radical (unpaired) electrons. The minimum absolute atomic E-state index is 0.220. The van der Waals surface area contributed by atoms with Crippen molar-refractivity contribution < 1.29 is 19.0 Å². The maximum atomic E-state index is 11.7. The lowest BCUT2D eigenvalue weighted by Crippen LogP contribution is -2.15. The lowest BCUT2D eigenvalue weighted by Gasteiger charge is -2.07. The van der Waals surface area contributed by atoms with Crippen LogP contribution in [0.4, 0.5) is 5.69 Å². The van der Waals surface area contributed by atoms with Crippen LogP contribution in [-0.4, -0.2) is 44.1 Å². The van der Waals surface area contributed by atoms with E-state index in [1.54, 1.807) is 23.9 Å². The van der Waals surface area contributed by atoms with Crippen LogP contribution in [0.1, 0.15) is 17.4 Å². The van der Waals surface area contributed by atoms with Gasteiger partial charge in [-0.1, -0.05) is 0 Å². The molecule has 0 atom stereocenters. The standard InChI is InChI=1S/C12H20N2O4/c1-3-14-9-10(13)8-11(14)12(15)18-7-6-17-5-4-16-2/h8-9H,3-7,13H2,1-2H3. The van der Waals surface area contributed by atoms with Crippen LogP contribution >= 0.6 is 0 Å². The fourth-order valence-corrected chi connectivity index (χ4v) is 1.48. The predicted molar refractivity (Wildman–Crippen MR) is 67.5 cm³/mol. The number of aromatic nitrogens is 1. The molecule has 0 aliphatic carbocycles. The average Bonchev–Trinajstić information content (AvgIpc) is 2.74. The summed E-state index contributed by atoms with van der Waals surface area (Å²) in [4.78, 5) is 11.7. The lowest BCUT2D eigenvalue weighted by molar-refractivity contribution is 0.0206. The Morgan fingerprint density at radius 3 is 2.72 bits per heavy atom. The highest BCUT2D eigenvalue weighted by Gasteiger charge is 2.13. The summed E-state index contributed by atoms with van der Waals surface area (Å²) in [5, 5.41) is 0. The molecular formula is C12H20N2O4. The minimum atomic E-state index is -0.385. The van der Waals surface area contributed by atoms with Crippen LogP contribution < -0.4 is 5.73 Å². The monoisotopic (exact) mass is 256 g/mol. The van der Waals surface area contributed by atoms with Crippen LogP contribution in [0.2, 0.25) is 0 Å². The predicted octanol–water partition coefficient (Wildman–Crippen LogP) is 0.910. The third-order valence-electron chi connectivity index (χ3n) is 2.36. The number of anilines is 1. The number of esters is 1. The second-order valence-corrected chi connectivity index (χ2v) is 3.69. The molecule has 0 aromatic carbocycles. The Morgan fingerprint density at radius 1 is 1.33 bits per heavy atom. The third kappa shape index (κ3) is 4.38. The summed E-state index contributed by atoms with van der Waals surface area (Å²) in [5.74, 6) is -0.385. The van der Waals surface area contributed by atoms with Gasteiger partial charge in [0.25, 0.3) is 0 Å². The molecule has 0 aliphatic heterocycles. The highest BCUT2D eigenvalue weighted by Crippen LogP contribution is 2.11. The summed E-state index contributed by atoms with van der Waals surface area (Å²) in [7, 11) is 1.60. The van der Waals surface area contributed by atoms with Crippen molar-refractivity contribution in [3.05, 3.63) is 18.0 Å². The van der Waals surface area contributed by atoms with E-state index in [1.807, 2.05) is 6.92 Å². The molecule has 1 heterocycles. The van der Waals surface area contributed by atoms with E-state index in [0.717, 1.165) is 0 Å². The molecule has 102 valence electrons. The number of ether oxygens (including phenoxy) is 3. The SMILES string of the molecule is CCn1cc(N)cc1C(=O)OCCOCCOC. The van der Waals surface area contributed by atoms with E-state index in [2.05, 4.69) is 0 Å². The summed E-state index contributed by atoms with van der Waals surface area (Å²) in [5.41, 5.74) is 6.66. The lowest BCUT2D eigenvalue weighted by atomic mass is 10.4. The van der Waals surface area contributed by atoms with Crippen molar-refractivity contribution in [1.29, 1.82) is 0 Å². The molecule has 6 nitrogen and oxygen atoms in total. The number of nitrogen functional groups attached to an aromatic ring is 1. The van der Waals surface area contributed by atoms with E-state index in [-0.39, 0.29) is 12.6 Å². The van der Waals surface area contributed by atoms with Gasteiger partial charge in [0.05, 0.1) is 25.5 Å². The van der Waals surface area contributed by atoms with Crippen LogP contribution in [0, 0.1) is 0 Å². The first-order valence-corrected chi connectivity index (χ1v) is 5.88. The Kier molecular flexibility index (Phi) is 6.24. The second kappa shape index (κ2) is 7.73. The Labute approximate surface area is 107 Å². The summed E-state index contributed by atoms with van der Waals surface area (Å²) in [6.45, 7) is 4.21. The fraction of sp³-hybridized carbons (Fsp3) is 0.583. The van der Waals surface area contributed by atoms with Gasteiger partial charge in [-0.25, -0.2) is 4.79 Å². The number of hydrogen-bond acceptors (Lipinski definition) is 5. The highest BCUT2D eigenvalue weighted by atomic mass is 16.6. The van der Waals surface area contributed by atoms with E-state index < -0.39 is 0 Å². The zero-order valence-corrected chi connectivity index (χ0v) is 10.8. The molecule has 0 spiro atoms. The van der Waals surface area contributed by atoms with Crippen molar-refractivity contribution in [3.8, 4) is 0 Å². The molecule has 6 heteroatoms. The van der Waals surface area contributed by atoms with Crippen molar-refractivity contribution in [1.82, 2.24) is 4.57 Å². The molecule has 0 amide bonds. The number of nitrogens with zero attached hydrogens (tertiary/aromatic N) is 1. The number of aryl methyl sites for hydroxylation is 1. The number of rotatable bonds is 8. The van der Waals surface area contributed by atoms with Gasteiger partial charge < -0.3 is 24.5 Å². The van der Waals surface area contributed by atoms with Gasteiger partial charge in [0.2, 0.25) is 0 Å². The van der Waals surface area contributed by atoms with Gasteiger partial charge in [-0.05, 0) is 13.0 Å². The number of carbonyl (C=O) groups excluding carboxylic acids is 1. The smallest absolute Gasteiger partial charge is 0.355 e. The molecule has 1 aromatic heterocycles. The molecule has 1 aromatic rings. The van der Waals surface area contributed by atoms with Crippen molar-refractivity contribution in [2.75, 3.05) is 39.3 Å². The van der Waals surface area contributed by atoms with Gasteiger partial charge in [0, 0.05) is 19.9 Å². The highest BCUT2D eigenvalue weighted by molar-refractivity contribution is 5.89. The minimum Gasteiger partial charge on any atom is -0.459 e. The first-order valence-electron chi connectivity index (χ1n) is 5.88. The number of carbonyl (C=O) groups is 1. The Morgan fingerprint density at radius 2 is 2.06 bits per heavy atom. The van der Waals surface area contributed by atoms with Gasteiger partial charge in [-0.3, -0.25) is 0 Å². The molecular weight excluding hydrogens is 236 g/mol. The van der Waals surface area contributed by atoms with Crippen molar-refractivity contribution in [2.24, 2.45) is 0 Å². The third-order valence-corrected chi connectivity index (χ3v) is 2.36. The van der Waals surface area contributed by atoms with Gasteiger partial charge >= 0.3 is 5.97 Å². The number of methoxy groups -OCH3 is 1. The quantitative estimate of drug-likeness (QED) is 0.552. The van der Waals surface area contributed by atoms with Gasteiger partial charge in [0.1, 0.15) is 12.3 Å². The summed E-state index contributed by atoms with van der Waals surface area (Å²) >= 11 is 0. The Hall–Kier alpha value is -1.53. The zero-order chi connectivity index (χ0) is 13.4. The van der Waals surface area contributed by atoms with E-state index >= 15 is 0 Å². The first-order chi connectivity index (χ1) is 8.69. The van der Waals surface area contributed by atoms with Crippen LogP contribution in [0.15, 0.2) is 12.3 Å². The van der Waals surface area contributed by atoms with Gasteiger partial charge in [-0.2, -0.15) is 0 Å². The molecule has 0 unspecified atom stereocenters. The maximum absolute atomic E-state index is 11.7. The molecule has 0 bridgehead atoms. The Bertz CT molecular complexity index is 376. The molecule has 0 fully saturated rings. The number of nitrogens with two attached hydrogens (primary N) is 1. The van der Waals surface area contributed by atoms with E-state index in [1.165, 1.54) is 0 Å².